The maximum absolute atomic E-state index is 13.3. The molecule has 1 fully saturated rings. The fourth-order valence-corrected chi connectivity index (χ4v) is 5.48. The number of hydrogen-bond acceptors (Lipinski definition) is 7. The summed E-state index contributed by atoms with van der Waals surface area (Å²) in [6, 6.07) is 8.26. The predicted molar refractivity (Wildman–Crippen MR) is 119 cm³/mol. The number of carboxylic acids is 1. The van der Waals surface area contributed by atoms with Crippen LogP contribution in [0.4, 0.5) is 0 Å². The van der Waals surface area contributed by atoms with Gasteiger partial charge in [-0.05, 0) is 31.5 Å². The zero-order valence-corrected chi connectivity index (χ0v) is 18.2. The van der Waals surface area contributed by atoms with Gasteiger partial charge in [0.1, 0.15) is 23.3 Å². The van der Waals surface area contributed by atoms with Crippen LogP contribution in [0.5, 0.6) is 0 Å². The summed E-state index contributed by atoms with van der Waals surface area (Å²) in [7, 11) is -3.86. The van der Waals surface area contributed by atoms with Gasteiger partial charge in [-0.1, -0.05) is 17.7 Å². The van der Waals surface area contributed by atoms with Crippen molar-refractivity contribution in [1.82, 2.24) is 18.6 Å². The lowest BCUT2D eigenvalue weighted by Gasteiger charge is -2.22. The standard InChI is InChI=1S/C21H22N6O4S/c1-13-2-4-15(5-3-13)32(30,31)26-9-7-16-20-17(11-23-21(16)26)24-18(10-19(28)29)27(20)25-8-6-14(22)12-25/h2-5,7,9,11,14H,6,8,10,12,22H2,1H3,(H,28,29)/t14-/m1/s1. The molecule has 1 aromatic carbocycles. The second-order valence-corrected chi connectivity index (χ2v) is 9.85. The first-order chi connectivity index (χ1) is 15.3. The molecule has 0 radical (unpaired) electrons. The molecule has 32 heavy (non-hydrogen) atoms. The second kappa shape index (κ2) is 7.31. The number of aliphatic carboxylic acids is 1. The molecule has 4 aromatic rings. The molecule has 5 rings (SSSR count). The van der Waals surface area contributed by atoms with E-state index in [0.29, 0.717) is 35.3 Å². The number of rotatable bonds is 5. The number of hydrogen-bond donors (Lipinski definition) is 2. The molecule has 0 bridgehead atoms. The van der Waals surface area contributed by atoms with Crippen LogP contribution in [0.1, 0.15) is 17.8 Å². The first-order valence-electron chi connectivity index (χ1n) is 10.2. The van der Waals surface area contributed by atoms with Crippen molar-refractivity contribution in [1.29, 1.82) is 0 Å². The Morgan fingerprint density at radius 2 is 2.00 bits per heavy atom. The van der Waals surface area contributed by atoms with Crippen LogP contribution < -0.4 is 10.7 Å². The summed E-state index contributed by atoms with van der Waals surface area (Å²) in [5, 5.41) is 11.9. The van der Waals surface area contributed by atoms with Crippen molar-refractivity contribution in [3.63, 3.8) is 0 Å². The minimum atomic E-state index is -3.86. The van der Waals surface area contributed by atoms with E-state index >= 15 is 0 Å². The van der Waals surface area contributed by atoms with E-state index in [-0.39, 0.29) is 23.0 Å². The molecule has 1 atom stereocenters. The van der Waals surface area contributed by atoms with Gasteiger partial charge < -0.3 is 15.8 Å². The average molecular weight is 455 g/mol. The number of pyridine rings is 1. The summed E-state index contributed by atoms with van der Waals surface area (Å²) in [6.07, 6.45) is 3.44. The Kier molecular flexibility index (Phi) is 4.68. The molecule has 0 saturated carbocycles. The minimum Gasteiger partial charge on any atom is -0.481 e. The zero-order valence-electron chi connectivity index (χ0n) is 17.3. The lowest BCUT2D eigenvalue weighted by molar-refractivity contribution is -0.136. The predicted octanol–water partition coefficient (Wildman–Crippen LogP) is 1.23. The highest BCUT2D eigenvalue weighted by Crippen LogP contribution is 2.29. The number of aromatic nitrogens is 4. The molecule has 4 heterocycles. The third-order valence-electron chi connectivity index (χ3n) is 5.71. The molecule has 1 aliphatic heterocycles. The topological polar surface area (TPSA) is 136 Å². The SMILES string of the molecule is Cc1ccc(S(=O)(=O)n2ccc3c2ncc2nc(CC(=O)O)n(N4CC[C@@H](N)C4)c23)cc1. The van der Waals surface area contributed by atoms with Crippen LogP contribution in [0.2, 0.25) is 0 Å². The number of benzene rings is 1. The molecule has 3 N–H and O–H groups in total. The van der Waals surface area contributed by atoms with Crippen molar-refractivity contribution in [2.45, 2.75) is 30.7 Å². The number of carboxylic acid groups (broad SMARTS) is 1. The molecule has 11 heteroatoms. The average Bonchev–Trinajstić information content (AvgIpc) is 3.43. The summed E-state index contributed by atoms with van der Waals surface area (Å²) in [5.41, 5.74) is 8.42. The van der Waals surface area contributed by atoms with Gasteiger partial charge in [0, 0.05) is 30.7 Å². The van der Waals surface area contributed by atoms with E-state index in [4.69, 9.17) is 5.73 Å². The Hall–Kier alpha value is -3.44. The van der Waals surface area contributed by atoms with Gasteiger partial charge in [-0.2, -0.15) is 0 Å². The molecule has 3 aromatic heterocycles. The van der Waals surface area contributed by atoms with Gasteiger partial charge in [0.05, 0.1) is 11.1 Å². The van der Waals surface area contributed by atoms with Gasteiger partial charge in [-0.3, -0.25) is 4.79 Å². The van der Waals surface area contributed by atoms with Crippen molar-refractivity contribution in [2.75, 3.05) is 18.1 Å². The molecule has 0 amide bonds. The summed E-state index contributed by atoms with van der Waals surface area (Å²) in [5.74, 6) is -0.654. The molecule has 10 nitrogen and oxygen atoms in total. The van der Waals surface area contributed by atoms with Gasteiger partial charge in [-0.25, -0.2) is 27.0 Å². The molecule has 0 unspecified atom stereocenters. The Balaban J connectivity index is 1.74. The Labute approximate surface area is 183 Å². The number of nitrogens with zero attached hydrogens (tertiary/aromatic N) is 5. The van der Waals surface area contributed by atoms with E-state index in [1.165, 1.54) is 12.4 Å². The monoisotopic (exact) mass is 454 g/mol. The normalized spacial score (nSPS) is 16.9. The van der Waals surface area contributed by atoms with Crippen LogP contribution in [0, 0.1) is 6.92 Å². The van der Waals surface area contributed by atoms with Crippen LogP contribution in [0.15, 0.2) is 47.6 Å². The molecular weight excluding hydrogens is 432 g/mol. The highest BCUT2D eigenvalue weighted by molar-refractivity contribution is 7.90. The lowest BCUT2D eigenvalue weighted by Crippen LogP contribution is -2.36. The summed E-state index contributed by atoms with van der Waals surface area (Å²) >= 11 is 0. The molecular formula is C21H22N6O4S. The quantitative estimate of drug-likeness (QED) is 0.459. The van der Waals surface area contributed by atoms with Gasteiger partial charge >= 0.3 is 5.97 Å². The van der Waals surface area contributed by atoms with E-state index in [2.05, 4.69) is 9.97 Å². The fraction of sp³-hybridized carbons (Fsp3) is 0.286. The number of fused-ring (bicyclic) bond motifs is 3. The van der Waals surface area contributed by atoms with E-state index in [1.807, 2.05) is 11.9 Å². The summed E-state index contributed by atoms with van der Waals surface area (Å²) in [4.78, 5) is 20.5. The maximum atomic E-state index is 13.3. The third-order valence-corrected chi connectivity index (χ3v) is 7.39. The van der Waals surface area contributed by atoms with E-state index in [0.717, 1.165) is 16.0 Å². The number of nitrogens with two attached hydrogens (primary N) is 1. The molecule has 166 valence electrons. The maximum Gasteiger partial charge on any atom is 0.311 e. The highest BCUT2D eigenvalue weighted by atomic mass is 32.2. The van der Waals surface area contributed by atoms with E-state index < -0.39 is 16.0 Å². The lowest BCUT2D eigenvalue weighted by atomic mass is 10.2. The summed E-state index contributed by atoms with van der Waals surface area (Å²) < 4.78 is 29.5. The van der Waals surface area contributed by atoms with Crippen molar-refractivity contribution in [3.05, 3.63) is 54.1 Å². The Morgan fingerprint density at radius 3 is 2.66 bits per heavy atom. The largest absolute Gasteiger partial charge is 0.481 e. The number of imidazole rings is 1. The first-order valence-corrected chi connectivity index (χ1v) is 11.6. The van der Waals surface area contributed by atoms with Crippen LogP contribution in [0.25, 0.3) is 22.1 Å². The van der Waals surface area contributed by atoms with Crippen LogP contribution in [-0.2, 0) is 21.2 Å². The van der Waals surface area contributed by atoms with Crippen molar-refractivity contribution in [2.24, 2.45) is 5.73 Å². The summed E-state index contributed by atoms with van der Waals surface area (Å²) in [6.45, 7) is 3.08. The third kappa shape index (κ3) is 3.21. The van der Waals surface area contributed by atoms with Gasteiger partial charge in [0.25, 0.3) is 10.0 Å². The first kappa shape index (κ1) is 20.5. The Morgan fingerprint density at radius 1 is 1.25 bits per heavy atom. The van der Waals surface area contributed by atoms with Crippen molar-refractivity contribution >= 4 is 38.1 Å². The van der Waals surface area contributed by atoms with E-state index in [9.17, 15) is 18.3 Å². The van der Waals surface area contributed by atoms with Gasteiger partial charge in [-0.15, -0.1) is 0 Å². The molecule has 0 spiro atoms. The second-order valence-electron chi connectivity index (χ2n) is 8.03. The number of carbonyl (C=O) groups is 1. The molecule has 1 saturated heterocycles. The van der Waals surface area contributed by atoms with Crippen LogP contribution in [-0.4, -0.2) is 57.2 Å². The van der Waals surface area contributed by atoms with Crippen LogP contribution >= 0.6 is 0 Å². The Bertz CT molecular complexity index is 1460. The van der Waals surface area contributed by atoms with Gasteiger partial charge in [0.15, 0.2) is 5.65 Å². The molecule has 0 aliphatic carbocycles. The highest BCUT2D eigenvalue weighted by Gasteiger charge is 2.28. The minimum absolute atomic E-state index is 0.0334. The smallest absolute Gasteiger partial charge is 0.311 e. The zero-order chi connectivity index (χ0) is 22.6. The van der Waals surface area contributed by atoms with Gasteiger partial charge in [0.2, 0.25) is 0 Å². The van der Waals surface area contributed by atoms with Crippen molar-refractivity contribution < 1.29 is 18.3 Å². The molecule has 1 aliphatic rings. The van der Waals surface area contributed by atoms with Crippen LogP contribution in [0.3, 0.4) is 0 Å². The van der Waals surface area contributed by atoms with E-state index in [1.54, 1.807) is 35.0 Å². The number of aryl methyl sites for hydroxylation is 1. The van der Waals surface area contributed by atoms with Crippen molar-refractivity contribution in [3.8, 4) is 0 Å². The fourth-order valence-electron chi connectivity index (χ4n) is 4.18.